The Morgan fingerprint density at radius 2 is 1.40 bits per heavy atom. The van der Waals surface area contributed by atoms with Gasteiger partial charge in [0.1, 0.15) is 18.7 Å². The minimum absolute atomic E-state index is 0.0778. The van der Waals surface area contributed by atoms with Crippen LogP contribution in [-0.2, 0) is 25.5 Å². The van der Waals surface area contributed by atoms with Crippen LogP contribution in [-0.4, -0.2) is 53.5 Å². The normalized spacial score (nSPS) is 14.8. The van der Waals surface area contributed by atoms with Gasteiger partial charge in [0.2, 0.25) is 5.91 Å². The highest BCUT2D eigenvalue weighted by Gasteiger charge is 2.35. The largest absolute Gasteiger partial charge is 0.480 e. The number of carbonyl (C=O) groups excluding carboxylic acids is 2. The van der Waals surface area contributed by atoms with E-state index >= 15 is 0 Å². The van der Waals surface area contributed by atoms with Gasteiger partial charge in [0.15, 0.2) is 0 Å². The zero-order chi connectivity index (χ0) is 28.9. The molecule has 0 heterocycles. The summed E-state index contributed by atoms with van der Waals surface area (Å²) in [5, 5.41) is 15.0. The van der Waals surface area contributed by atoms with Crippen molar-refractivity contribution in [2.75, 3.05) is 6.61 Å². The lowest BCUT2D eigenvalue weighted by atomic mass is 9.98. The van der Waals surface area contributed by atoms with E-state index < -0.39 is 41.8 Å². The Morgan fingerprint density at radius 3 is 1.95 bits per heavy atom. The molecule has 8 heteroatoms. The lowest BCUT2D eigenvalue weighted by Crippen LogP contribution is -2.57. The molecule has 0 saturated heterocycles. The molecule has 0 saturated carbocycles. The molecule has 3 unspecified atom stereocenters. The van der Waals surface area contributed by atoms with E-state index in [1.165, 1.54) is 0 Å². The Bertz CT molecular complexity index is 1310. The summed E-state index contributed by atoms with van der Waals surface area (Å²) in [7, 11) is 0. The number of carboxylic acids is 1. The highest BCUT2D eigenvalue weighted by molar-refractivity contribution is 5.90. The minimum atomic E-state index is -1.19. The first-order chi connectivity index (χ1) is 19.0. The van der Waals surface area contributed by atoms with E-state index in [-0.39, 0.29) is 18.9 Å². The monoisotopic (exact) mass is 544 g/mol. The summed E-state index contributed by atoms with van der Waals surface area (Å²) >= 11 is 0. The van der Waals surface area contributed by atoms with Gasteiger partial charge in [0, 0.05) is 12.3 Å². The van der Waals surface area contributed by atoms with Crippen molar-refractivity contribution in [3.8, 4) is 11.1 Å². The van der Waals surface area contributed by atoms with E-state index in [9.17, 15) is 19.5 Å². The zero-order valence-corrected chi connectivity index (χ0v) is 23.2. The molecular weight excluding hydrogens is 508 g/mol. The molecule has 40 heavy (non-hydrogen) atoms. The van der Waals surface area contributed by atoms with Gasteiger partial charge in [0.25, 0.3) is 0 Å². The van der Waals surface area contributed by atoms with E-state index in [1.54, 1.807) is 31.2 Å². The second-order valence-electron chi connectivity index (χ2n) is 11.0. The molecule has 0 aromatic heterocycles. The van der Waals surface area contributed by atoms with E-state index in [4.69, 9.17) is 9.47 Å². The van der Waals surface area contributed by atoms with Crippen LogP contribution in [0.15, 0.2) is 78.9 Å². The van der Waals surface area contributed by atoms with Crippen molar-refractivity contribution in [2.24, 2.45) is 0 Å². The molecule has 0 bridgehead atoms. The number of benzene rings is 3. The molecule has 0 aliphatic heterocycles. The molecule has 0 radical (unpaired) electrons. The number of nitrogens with one attached hydrogen (secondary N) is 2. The van der Waals surface area contributed by atoms with Gasteiger partial charge in [0.05, 0.1) is 11.7 Å². The minimum Gasteiger partial charge on any atom is -0.480 e. The number of rotatable bonds is 10. The third-order valence-corrected chi connectivity index (χ3v) is 6.81. The third kappa shape index (κ3) is 7.07. The zero-order valence-electron chi connectivity index (χ0n) is 23.2. The summed E-state index contributed by atoms with van der Waals surface area (Å²) in [5.74, 6) is -1.99. The lowest BCUT2D eigenvalue weighted by molar-refractivity contribution is -0.143. The number of ether oxygens (including phenoxy) is 2. The molecule has 0 spiro atoms. The summed E-state index contributed by atoms with van der Waals surface area (Å²) in [6.07, 6.45) is -1.47. The van der Waals surface area contributed by atoms with Crippen LogP contribution in [0.25, 0.3) is 11.1 Å². The number of carbonyl (C=O) groups is 3. The van der Waals surface area contributed by atoms with Crippen LogP contribution in [0.3, 0.4) is 0 Å². The van der Waals surface area contributed by atoms with Crippen molar-refractivity contribution >= 4 is 18.0 Å². The SMILES string of the molecule is CC(OC(C)(C)C)C(NC(=O)OCC1c2ccccc2-c2ccccc21)C(=O)NC(Cc1ccccc1)C(=O)O. The van der Waals surface area contributed by atoms with Crippen LogP contribution < -0.4 is 10.6 Å². The lowest BCUT2D eigenvalue weighted by Gasteiger charge is -2.31. The molecule has 3 aromatic carbocycles. The van der Waals surface area contributed by atoms with Crippen LogP contribution >= 0.6 is 0 Å². The second-order valence-corrected chi connectivity index (χ2v) is 11.0. The quantitative estimate of drug-likeness (QED) is 0.334. The fourth-order valence-corrected chi connectivity index (χ4v) is 5.10. The number of fused-ring (bicyclic) bond motifs is 3. The standard InChI is InChI=1S/C32H36N2O6/c1-20(40-32(2,3)4)28(29(35)33-27(30(36)37)18-21-12-6-5-7-13-21)34-31(38)39-19-26-24-16-10-8-14-22(24)23-15-9-11-17-25(23)26/h5-17,20,26-28H,18-19H2,1-4H3,(H,33,35)(H,34,38)(H,36,37). The molecule has 3 N–H and O–H groups in total. The first kappa shape index (κ1) is 28.8. The maximum Gasteiger partial charge on any atom is 0.407 e. The highest BCUT2D eigenvalue weighted by atomic mass is 16.6. The number of alkyl carbamates (subject to hydrolysis) is 1. The Hall–Kier alpha value is -4.17. The van der Waals surface area contributed by atoms with E-state index in [2.05, 4.69) is 22.8 Å². The molecule has 8 nitrogen and oxygen atoms in total. The van der Waals surface area contributed by atoms with Crippen molar-refractivity contribution in [3.05, 3.63) is 95.6 Å². The molecule has 3 atom stereocenters. The summed E-state index contributed by atoms with van der Waals surface area (Å²) in [6, 6.07) is 22.7. The first-order valence-electron chi connectivity index (χ1n) is 13.4. The van der Waals surface area contributed by atoms with Gasteiger partial charge in [-0.2, -0.15) is 0 Å². The van der Waals surface area contributed by atoms with Crippen LogP contribution in [0.4, 0.5) is 4.79 Å². The smallest absolute Gasteiger partial charge is 0.407 e. The van der Waals surface area contributed by atoms with E-state index in [0.717, 1.165) is 27.8 Å². The summed E-state index contributed by atoms with van der Waals surface area (Å²) in [6.45, 7) is 7.24. The fourth-order valence-electron chi connectivity index (χ4n) is 5.10. The first-order valence-corrected chi connectivity index (χ1v) is 13.4. The van der Waals surface area contributed by atoms with Crippen LogP contribution in [0.2, 0.25) is 0 Å². The number of aliphatic carboxylic acids is 1. The van der Waals surface area contributed by atoms with Gasteiger partial charge in [-0.3, -0.25) is 4.79 Å². The number of hydrogen-bond donors (Lipinski definition) is 3. The van der Waals surface area contributed by atoms with Crippen molar-refractivity contribution < 1.29 is 29.0 Å². The van der Waals surface area contributed by atoms with Gasteiger partial charge < -0.3 is 25.2 Å². The topological polar surface area (TPSA) is 114 Å². The Balaban J connectivity index is 1.47. The summed E-state index contributed by atoms with van der Waals surface area (Å²) in [5.41, 5.74) is 4.50. The summed E-state index contributed by atoms with van der Waals surface area (Å²) in [4.78, 5) is 38.4. The Kier molecular flexibility index (Phi) is 8.90. The van der Waals surface area contributed by atoms with Crippen LogP contribution in [0.5, 0.6) is 0 Å². The second kappa shape index (κ2) is 12.3. The molecular formula is C32H36N2O6. The highest BCUT2D eigenvalue weighted by Crippen LogP contribution is 2.44. The fraction of sp³-hybridized carbons (Fsp3) is 0.344. The Morgan fingerprint density at radius 1 is 0.850 bits per heavy atom. The van der Waals surface area contributed by atoms with Gasteiger partial charge in [-0.05, 0) is 55.5 Å². The molecule has 0 fully saturated rings. The predicted octanol–water partition coefficient (Wildman–Crippen LogP) is 4.91. The predicted molar refractivity (Wildman–Crippen MR) is 152 cm³/mol. The Labute approximate surface area is 234 Å². The van der Waals surface area contributed by atoms with Crippen molar-refractivity contribution in [1.29, 1.82) is 0 Å². The maximum absolute atomic E-state index is 13.4. The number of amides is 2. The van der Waals surface area contributed by atoms with Gasteiger partial charge in [-0.1, -0.05) is 78.9 Å². The number of carboxylic acid groups (broad SMARTS) is 1. The average Bonchev–Trinajstić information content (AvgIpc) is 3.23. The van der Waals surface area contributed by atoms with Crippen LogP contribution in [0.1, 0.15) is 50.3 Å². The van der Waals surface area contributed by atoms with Crippen molar-refractivity contribution in [3.63, 3.8) is 0 Å². The van der Waals surface area contributed by atoms with Crippen molar-refractivity contribution in [2.45, 2.75) is 63.8 Å². The van der Waals surface area contributed by atoms with E-state index in [0.29, 0.717) is 0 Å². The van der Waals surface area contributed by atoms with Gasteiger partial charge in [-0.25, -0.2) is 9.59 Å². The molecule has 210 valence electrons. The summed E-state index contributed by atoms with van der Waals surface area (Å²) < 4.78 is 11.6. The number of hydrogen-bond acceptors (Lipinski definition) is 5. The molecule has 2 amide bonds. The van der Waals surface area contributed by atoms with E-state index in [1.807, 2.05) is 63.2 Å². The molecule has 4 rings (SSSR count). The maximum atomic E-state index is 13.4. The third-order valence-electron chi connectivity index (χ3n) is 6.81. The van der Waals surface area contributed by atoms with Crippen LogP contribution in [0, 0.1) is 0 Å². The molecule has 3 aromatic rings. The van der Waals surface area contributed by atoms with Gasteiger partial charge >= 0.3 is 12.1 Å². The van der Waals surface area contributed by atoms with Gasteiger partial charge in [-0.15, -0.1) is 0 Å². The molecule has 1 aliphatic rings. The molecule has 1 aliphatic carbocycles. The average molecular weight is 545 g/mol. The van der Waals surface area contributed by atoms with Crippen molar-refractivity contribution in [1.82, 2.24) is 10.6 Å².